The summed E-state index contributed by atoms with van der Waals surface area (Å²) in [6, 6.07) is 11.0. The molecular formula is C18H22N4O3S. The summed E-state index contributed by atoms with van der Waals surface area (Å²) in [7, 11) is -1.42. The second-order valence-electron chi connectivity index (χ2n) is 6.29. The molecule has 1 saturated heterocycles. The van der Waals surface area contributed by atoms with Crippen LogP contribution in [0.3, 0.4) is 0 Å². The summed E-state index contributed by atoms with van der Waals surface area (Å²) in [5, 5.41) is 0. The van der Waals surface area contributed by atoms with Gasteiger partial charge in [-0.15, -0.1) is 0 Å². The molecule has 138 valence electrons. The predicted molar refractivity (Wildman–Crippen MR) is 100 cm³/mol. The fourth-order valence-electron chi connectivity index (χ4n) is 3.07. The molecule has 1 aromatic carbocycles. The molecule has 1 aliphatic rings. The molecule has 1 aromatic heterocycles. The van der Waals surface area contributed by atoms with Gasteiger partial charge >= 0.3 is 0 Å². The molecule has 1 fully saturated rings. The first-order valence-corrected chi connectivity index (χ1v) is 10.4. The van der Waals surface area contributed by atoms with Crippen LogP contribution < -0.4 is 4.90 Å². The Kier molecular flexibility index (Phi) is 5.22. The Labute approximate surface area is 153 Å². The highest BCUT2D eigenvalue weighted by Gasteiger charge is 2.33. The van der Waals surface area contributed by atoms with E-state index in [9.17, 15) is 13.2 Å². The van der Waals surface area contributed by atoms with Gasteiger partial charge in [-0.2, -0.15) is 0 Å². The molecule has 1 atom stereocenters. The van der Waals surface area contributed by atoms with Crippen LogP contribution in [0.1, 0.15) is 23.8 Å². The lowest BCUT2D eigenvalue weighted by Gasteiger charge is -2.24. The summed E-state index contributed by atoms with van der Waals surface area (Å²) in [6.07, 6.45) is 2.02. The Bertz CT molecular complexity index is 886. The van der Waals surface area contributed by atoms with E-state index in [1.54, 1.807) is 19.3 Å². The Morgan fingerprint density at radius 2 is 1.96 bits per heavy atom. The molecule has 2 aromatic rings. The number of aromatic nitrogens is 2. The van der Waals surface area contributed by atoms with Crippen LogP contribution in [0.4, 0.5) is 11.6 Å². The molecule has 2 heterocycles. The predicted octanol–water partition coefficient (Wildman–Crippen LogP) is 1.89. The second-order valence-corrected chi connectivity index (χ2v) is 8.52. The van der Waals surface area contributed by atoms with Crippen molar-refractivity contribution < 1.29 is 13.2 Å². The van der Waals surface area contributed by atoms with Crippen LogP contribution >= 0.6 is 0 Å². The highest BCUT2D eigenvalue weighted by molar-refractivity contribution is 7.91. The van der Waals surface area contributed by atoms with E-state index in [0.717, 1.165) is 5.69 Å². The second kappa shape index (κ2) is 7.41. The number of hydrogen-bond acceptors (Lipinski definition) is 6. The number of rotatable bonds is 5. The van der Waals surface area contributed by atoms with Gasteiger partial charge in [0.1, 0.15) is 5.69 Å². The van der Waals surface area contributed by atoms with Crippen LogP contribution in [0.15, 0.2) is 42.6 Å². The minimum Gasteiger partial charge on any atom is -0.336 e. The van der Waals surface area contributed by atoms with Crippen molar-refractivity contribution in [1.29, 1.82) is 0 Å². The van der Waals surface area contributed by atoms with Crippen molar-refractivity contribution in [2.45, 2.75) is 19.4 Å². The van der Waals surface area contributed by atoms with Crippen molar-refractivity contribution in [2.75, 3.05) is 30.0 Å². The lowest BCUT2D eigenvalue weighted by Crippen LogP contribution is -2.38. The summed E-state index contributed by atoms with van der Waals surface area (Å²) in [4.78, 5) is 24.9. The fourth-order valence-corrected chi connectivity index (χ4v) is 4.85. The van der Waals surface area contributed by atoms with Gasteiger partial charge in [0.2, 0.25) is 5.95 Å². The largest absolute Gasteiger partial charge is 0.336 e. The molecule has 0 spiro atoms. The monoisotopic (exact) mass is 374 g/mol. The van der Waals surface area contributed by atoms with Gasteiger partial charge in [-0.3, -0.25) is 4.79 Å². The average Bonchev–Trinajstić information content (AvgIpc) is 3.02. The molecule has 0 aliphatic carbocycles. The van der Waals surface area contributed by atoms with Gasteiger partial charge in [-0.25, -0.2) is 18.4 Å². The average molecular weight is 374 g/mol. The van der Waals surface area contributed by atoms with Crippen molar-refractivity contribution in [2.24, 2.45) is 0 Å². The zero-order valence-electron chi connectivity index (χ0n) is 14.9. The quantitative estimate of drug-likeness (QED) is 0.795. The number of anilines is 2. The zero-order chi connectivity index (χ0) is 18.7. The topological polar surface area (TPSA) is 83.5 Å². The molecule has 0 N–H and O–H groups in total. The van der Waals surface area contributed by atoms with Gasteiger partial charge in [0, 0.05) is 31.5 Å². The first-order chi connectivity index (χ1) is 12.4. The summed E-state index contributed by atoms with van der Waals surface area (Å²) in [5.74, 6) is 0.289. The number of hydrogen-bond donors (Lipinski definition) is 0. The van der Waals surface area contributed by atoms with E-state index in [-0.39, 0.29) is 29.1 Å². The number of nitrogens with zero attached hydrogens (tertiary/aromatic N) is 4. The van der Waals surface area contributed by atoms with Crippen LogP contribution in [0.5, 0.6) is 0 Å². The summed E-state index contributed by atoms with van der Waals surface area (Å²) >= 11 is 0. The highest BCUT2D eigenvalue weighted by atomic mass is 32.2. The number of amides is 1. The normalized spacial score (nSPS) is 18.5. The maximum Gasteiger partial charge on any atom is 0.272 e. The van der Waals surface area contributed by atoms with Crippen molar-refractivity contribution in [3.05, 3.63) is 48.3 Å². The molecule has 0 saturated carbocycles. The number of para-hydroxylation sites is 1. The number of carbonyl (C=O) groups is 1. The standard InChI is InChI=1S/C18H22N4O3S/c1-3-22(14-7-5-4-6-8-14)18-19-11-9-16(20-18)17(23)21(2)15-10-12-26(24,25)13-15/h4-9,11,15H,3,10,12-13H2,1-2H3. The summed E-state index contributed by atoms with van der Waals surface area (Å²) in [5.41, 5.74) is 1.20. The molecular weight excluding hydrogens is 352 g/mol. The lowest BCUT2D eigenvalue weighted by atomic mass is 10.2. The van der Waals surface area contributed by atoms with Crippen LogP contribution in [0.25, 0.3) is 0 Å². The minimum absolute atomic E-state index is 0.0122. The molecule has 26 heavy (non-hydrogen) atoms. The van der Waals surface area contributed by atoms with Crippen LogP contribution in [-0.2, 0) is 9.84 Å². The first kappa shape index (κ1) is 18.3. The molecule has 3 rings (SSSR count). The maximum atomic E-state index is 12.8. The van der Waals surface area contributed by atoms with E-state index in [2.05, 4.69) is 9.97 Å². The number of carbonyl (C=O) groups excluding carboxylic acids is 1. The smallest absolute Gasteiger partial charge is 0.272 e. The Balaban J connectivity index is 1.83. The maximum absolute atomic E-state index is 12.8. The van der Waals surface area contributed by atoms with Crippen LogP contribution in [0.2, 0.25) is 0 Å². The van der Waals surface area contributed by atoms with Crippen molar-refractivity contribution >= 4 is 27.4 Å². The van der Waals surface area contributed by atoms with E-state index in [0.29, 0.717) is 18.9 Å². The van der Waals surface area contributed by atoms with Gasteiger partial charge in [0.05, 0.1) is 11.5 Å². The van der Waals surface area contributed by atoms with E-state index in [1.807, 2.05) is 42.2 Å². The molecule has 0 radical (unpaired) electrons. The number of sulfone groups is 1. The van der Waals surface area contributed by atoms with Crippen molar-refractivity contribution in [3.8, 4) is 0 Å². The molecule has 8 heteroatoms. The van der Waals surface area contributed by atoms with Gasteiger partial charge in [-0.1, -0.05) is 18.2 Å². The third-order valence-electron chi connectivity index (χ3n) is 4.56. The van der Waals surface area contributed by atoms with E-state index >= 15 is 0 Å². The Hall–Kier alpha value is -2.48. The third-order valence-corrected chi connectivity index (χ3v) is 6.31. The lowest BCUT2D eigenvalue weighted by molar-refractivity contribution is 0.0741. The van der Waals surface area contributed by atoms with Crippen LogP contribution in [0, 0.1) is 0 Å². The highest BCUT2D eigenvalue weighted by Crippen LogP contribution is 2.22. The van der Waals surface area contributed by atoms with Crippen molar-refractivity contribution in [1.82, 2.24) is 14.9 Å². The van der Waals surface area contributed by atoms with E-state index < -0.39 is 9.84 Å². The summed E-state index contributed by atoms with van der Waals surface area (Å²) in [6.45, 7) is 2.64. The number of benzene rings is 1. The molecule has 0 bridgehead atoms. The first-order valence-electron chi connectivity index (χ1n) is 8.54. The Morgan fingerprint density at radius 1 is 1.23 bits per heavy atom. The van der Waals surface area contributed by atoms with Crippen LogP contribution in [-0.4, -0.2) is 60.3 Å². The van der Waals surface area contributed by atoms with E-state index in [1.165, 1.54) is 4.90 Å². The Morgan fingerprint density at radius 3 is 2.58 bits per heavy atom. The SMILES string of the molecule is CCN(c1ccccc1)c1nccc(C(=O)N(C)C2CCS(=O)(=O)C2)n1. The zero-order valence-corrected chi connectivity index (χ0v) is 15.7. The molecule has 1 aliphatic heterocycles. The van der Waals surface area contributed by atoms with Crippen molar-refractivity contribution in [3.63, 3.8) is 0 Å². The van der Waals surface area contributed by atoms with E-state index in [4.69, 9.17) is 0 Å². The third kappa shape index (κ3) is 3.85. The van der Waals surface area contributed by atoms with Gasteiger partial charge in [0.15, 0.2) is 9.84 Å². The van der Waals surface area contributed by atoms with Gasteiger partial charge in [-0.05, 0) is 31.5 Å². The fraction of sp³-hybridized carbons (Fsp3) is 0.389. The summed E-state index contributed by atoms with van der Waals surface area (Å²) < 4.78 is 23.3. The molecule has 7 nitrogen and oxygen atoms in total. The van der Waals surface area contributed by atoms with Gasteiger partial charge in [0.25, 0.3) is 5.91 Å². The minimum atomic E-state index is -3.05. The molecule has 1 unspecified atom stereocenters. The van der Waals surface area contributed by atoms with Gasteiger partial charge < -0.3 is 9.80 Å². The molecule has 1 amide bonds.